The number of rotatable bonds is 5. The molecule has 0 fully saturated rings. The number of hydrogen-bond acceptors (Lipinski definition) is 4. The number of aromatic nitrogens is 1. The zero-order valence-corrected chi connectivity index (χ0v) is 10.4. The van der Waals surface area contributed by atoms with E-state index >= 15 is 0 Å². The number of ether oxygens (including phenoxy) is 1. The monoisotopic (exact) mass is 288 g/mol. The molecule has 0 bridgehead atoms. The van der Waals surface area contributed by atoms with Crippen LogP contribution in [-0.4, -0.2) is 42.4 Å². The Morgan fingerprint density at radius 2 is 2.44 bits per heavy atom. The van der Waals surface area contributed by atoms with Crippen LogP contribution < -0.4 is 5.32 Å². The molecule has 5 nitrogen and oxygen atoms in total. The van der Waals surface area contributed by atoms with Crippen LogP contribution in [0.2, 0.25) is 0 Å². The van der Waals surface area contributed by atoms with E-state index < -0.39 is 6.04 Å². The van der Waals surface area contributed by atoms with Crippen molar-refractivity contribution in [1.29, 1.82) is 0 Å². The van der Waals surface area contributed by atoms with Crippen LogP contribution in [0, 0.1) is 0 Å². The Hall–Kier alpha value is -0.980. The van der Waals surface area contributed by atoms with E-state index in [1.165, 1.54) is 7.11 Å². The number of methoxy groups -OCH3 is 1. The normalized spacial score (nSPS) is 12.2. The van der Waals surface area contributed by atoms with Gasteiger partial charge >= 0.3 is 0 Å². The zero-order chi connectivity index (χ0) is 12.0. The van der Waals surface area contributed by atoms with E-state index in [0.29, 0.717) is 10.3 Å². The van der Waals surface area contributed by atoms with Crippen molar-refractivity contribution in [2.75, 3.05) is 20.3 Å². The van der Waals surface area contributed by atoms with Gasteiger partial charge in [-0.25, -0.2) is 4.98 Å². The lowest BCUT2D eigenvalue weighted by Crippen LogP contribution is -2.40. The van der Waals surface area contributed by atoms with Crippen molar-refractivity contribution in [3.63, 3.8) is 0 Å². The number of halogens is 1. The second kappa shape index (κ2) is 6.57. The van der Waals surface area contributed by atoms with Gasteiger partial charge in [0.05, 0.1) is 19.3 Å². The number of amides is 1. The highest BCUT2D eigenvalue weighted by Crippen LogP contribution is 2.06. The molecule has 16 heavy (non-hydrogen) atoms. The molecular formula is C10H13BrN2O3. The van der Waals surface area contributed by atoms with Gasteiger partial charge in [-0.2, -0.15) is 0 Å². The molecule has 1 unspecified atom stereocenters. The van der Waals surface area contributed by atoms with Crippen LogP contribution in [0.4, 0.5) is 0 Å². The lowest BCUT2D eigenvalue weighted by atomic mass is 10.3. The third kappa shape index (κ3) is 3.88. The minimum Gasteiger partial charge on any atom is -0.394 e. The van der Waals surface area contributed by atoms with E-state index in [4.69, 9.17) is 9.84 Å². The number of pyridine rings is 1. The first kappa shape index (κ1) is 13.1. The maximum absolute atomic E-state index is 11.7. The number of aliphatic hydroxyl groups excluding tert-OH is 1. The quantitative estimate of drug-likeness (QED) is 0.778. The highest BCUT2D eigenvalue weighted by atomic mass is 79.9. The predicted molar refractivity (Wildman–Crippen MR) is 62.2 cm³/mol. The molecule has 1 aromatic rings. The standard InChI is InChI=1S/C10H13BrN2O3/c1-16-6-7(5-14)12-10(15)8-3-2-4-9(11)13-8/h2-4,7,14H,5-6H2,1H3,(H,12,15). The summed E-state index contributed by atoms with van der Waals surface area (Å²) in [6.45, 7) is 0.0871. The Morgan fingerprint density at radius 3 is 3.00 bits per heavy atom. The Labute approximate surface area is 102 Å². The largest absolute Gasteiger partial charge is 0.394 e. The van der Waals surface area contributed by atoms with Gasteiger partial charge in [0.25, 0.3) is 5.91 Å². The van der Waals surface area contributed by atoms with E-state index in [-0.39, 0.29) is 19.1 Å². The first-order valence-corrected chi connectivity index (χ1v) is 5.50. The predicted octanol–water partition coefficient (Wildman–Crippen LogP) is 0.581. The Morgan fingerprint density at radius 1 is 1.69 bits per heavy atom. The van der Waals surface area contributed by atoms with E-state index in [1.807, 2.05) is 0 Å². The van der Waals surface area contributed by atoms with E-state index in [2.05, 4.69) is 26.2 Å². The van der Waals surface area contributed by atoms with Crippen LogP contribution in [0.15, 0.2) is 22.8 Å². The molecule has 0 aromatic carbocycles. The fourth-order valence-electron chi connectivity index (χ4n) is 1.14. The highest BCUT2D eigenvalue weighted by Gasteiger charge is 2.13. The summed E-state index contributed by atoms with van der Waals surface area (Å²) in [5, 5.41) is 11.6. The molecule has 1 amide bonds. The van der Waals surface area contributed by atoms with Gasteiger partial charge in [-0.3, -0.25) is 4.79 Å². The minimum absolute atomic E-state index is 0.173. The molecule has 0 saturated heterocycles. The SMILES string of the molecule is COCC(CO)NC(=O)c1cccc(Br)n1. The molecule has 0 spiro atoms. The fourth-order valence-corrected chi connectivity index (χ4v) is 1.48. The molecule has 0 aliphatic carbocycles. The summed E-state index contributed by atoms with van der Waals surface area (Å²) in [5.74, 6) is -0.336. The van der Waals surface area contributed by atoms with Crippen molar-refractivity contribution in [2.45, 2.75) is 6.04 Å². The van der Waals surface area contributed by atoms with Crippen LogP contribution in [-0.2, 0) is 4.74 Å². The summed E-state index contributed by atoms with van der Waals surface area (Å²) in [7, 11) is 1.51. The molecule has 88 valence electrons. The van der Waals surface area contributed by atoms with Gasteiger partial charge in [0, 0.05) is 7.11 Å². The van der Waals surface area contributed by atoms with Gasteiger partial charge in [-0.1, -0.05) is 6.07 Å². The van der Waals surface area contributed by atoms with Gasteiger partial charge in [-0.05, 0) is 28.1 Å². The molecule has 1 rings (SSSR count). The van der Waals surface area contributed by atoms with Crippen LogP contribution in [0.3, 0.4) is 0 Å². The Balaban J connectivity index is 2.64. The Bertz CT molecular complexity index is 360. The van der Waals surface area contributed by atoms with Gasteiger partial charge in [0.1, 0.15) is 10.3 Å². The number of carbonyl (C=O) groups excluding carboxylic acids is 1. The van der Waals surface area contributed by atoms with E-state index in [9.17, 15) is 4.79 Å². The lowest BCUT2D eigenvalue weighted by Gasteiger charge is -2.14. The van der Waals surface area contributed by atoms with Crippen molar-refractivity contribution in [1.82, 2.24) is 10.3 Å². The molecule has 2 N–H and O–H groups in total. The average Bonchev–Trinajstić information content (AvgIpc) is 2.28. The van der Waals surface area contributed by atoms with Crippen molar-refractivity contribution in [3.05, 3.63) is 28.5 Å². The summed E-state index contributed by atoms with van der Waals surface area (Å²) in [5.41, 5.74) is 0.295. The van der Waals surface area contributed by atoms with E-state index in [0.717, 1.165) is 0 Å². The average molecular weight is 289 g/mol. The number of hydrogen-bond donors (Lipinski definition) is 2. The Kier molecular flexibility index (Phi) is 5.37. The molecule has 0 aliphatic heterocycles. The van der Waals surface area contributed by atoms with Gasteiger partial charge in [-0.15, -0.1) is 0 Å². The second-order valence-corrected chi connectivity index (χ2v) is 3.97. The first-order valence-electron chi connectivity index (χ1n) is 4.70. The molecule has 6 heteroatoms. The van der Waals surface area contributed by atoms with Crippen molar-refractivity contribution < 1.29 is 14.6 Å². The zero-order valence-electron chi connectivity index (χ0n) is 8.81. The lowest BCUT2D eigenvalue weighted by molar-refractivity contribution is 0.0835. The highest BCUT2D eigenvalue weighted by molar-refractivity contribution is 9.10. The van der Waals surface area contributed by atoms with Gasteiger partial charge in [0.2, 0.25) is 0 Å². The summed E-state index contributed by atoms with van der Waals surface area (Å²) in [4.78, 5) is 15.7. The van der Waals surface area contributed by atoms with Crippen molar-refractivity contribution >= 4 is 21.8 Å². The second-order valence-electron chi connectivity index (χ2n) is 3.15. The maximum Gasteiger partial charge on any atom is 0.270 e. The molecule has 0 saturated carbocycles. The van der Waals surface area contributed by atoms with Gasteiger partial charge in [0.15, 0.2) is 0 Å². The molecular weight excluding hydrogens is 276 g/mol. The van der Waals surface area contributed by atoms with Crippen LogP contribution in [0.1, 0.15) is 10.5 Å². The molecule has 1 heterocycles. The summed E-state index contributed by atoms with van der Waals surface area (Å²) < 4.78 is 5.44. The molecule has 1 aromatic heterocycles. The number of nitrogens with one attached hydrogen (secondary N) is 1. The first-order chi connectivity index (χ1) is 7.67. The number of nitrogens with zero attached hydrogens (tertiary/aromatic N) is 1. The smallest absolute Gasteiger partial charge is 0.270 e. The summed E-state index contributed by atoms with van der Waals surface area (Å²) in [6, 6.07) is 4.63. The summed E-state index contributed by atoms with van der Waals surface area (Å²) in [6.07, 6.45) is 0. The van der Waals surface area contributed by atoms with Gasteiger partial charge < -0.3 is 15.2 Å². The molecule has 1 atom stereocenters. The molecule has 0 radical (unpaired) electrons. The van der Waals surface area contributed by atoms with Crippen molar-refractivity contribution in [3.8, 4) is 0 Å². The number of carbonyl (C=O) groups is 1. The van der Waals surface area contributed by atoms with Crippen LogP contribution >= 0.6 is 15.9 Å². The molecule has 0 aliphatic rings. The third-order valence-corrected chi connectivity index (χ3v) is 2.31. The third-order valence-electron chi connectivity index (χ3n) is 1.87. The summed E-state index contributed by atoms with van der Waals surface area (Å²) >= 11 is 3.18. The minimum atomic E-state index is -0.418. The number of aliphatic hydroxyl groups is 1. The maximum atomic E-state index is 11.7. The topological polar surface area (TPSA) is 71.5 Å². The fraction of sp³-hybridized carbons (Fsp3) is 0.400. The van der Waals surface area contributed by atoms with Crippen molar-refractivity contribution in [2.24, 2.45) is 0 Å². The van der Waals surface area contributed by atoms with Crippen LogP contribution in [0.25, 0.3) is 0 Å². The van der Waals surface area contributed by atoms with Crippen LogP contribution in [0.5, 0.6) is 0 Å². The van der Waals surface area contributed by atoms with E-state index in [1.54, 1.807) is 18.2 Å².